The lowest BCUT2D eigenvalue weighted by molar-refractivity contribution is -0.138. The van der Waals surface area contributed by atoms with Crippen LogP contribution in [0, 0.1) is 18.6 Å². The molecule has 0 saturated carbocycles. The second-order valence-electron chi connectivity index (χ2n) is 9.45. The van der Waals surface area contributed by atoms with Gasteiger partial charge in [0.15, 0.2) is 0 Å². The topological polar surface area (TPSA) is 97.6 Å². The summed E-state index contributed by atoms with van der Waals surface area (Å²) in [7, 11) is 0. The van der Waals surface area contributed by atoms with Crippen molar-refractivity contribution < 1.29 is 28.2 Å². The van der Waals surface area contributed by atoms with Crippen LogP contribution in [0.25, 0.3) is 0 Å². The SMILES string of the molecule is CCCC[C@H](C(=O)N[C@@H](CC(=O)O)c1cccc(OCC)c1)n1cc(C)cc(Cc2c(F)cccc2F)c1=O. The minimum Gasteiger partial charge on any atom is -0.494 e. The van der Waals surface area contributed by atoms with Crippen LogP contribution in [-0.4, -0.2) is 28.2 Å². The molecular weight excluding hydrogens is 506 g/mol. The van der Waals surface area contributed by atoms with Crippen molar-refractivity contribution >= 4 is 11.9 Å². The average Bonchev–Trinajstić information content (AvgIpc) is 2.88. The van der Waals surface area contributed by atoms with E-state index >= 15 is 0 Å². The lowest BCUT2D eigenvalue weighted by Gasteiger charge is -2.25. The smallest absolute Gasteiger partial charge is 0.305 e. The second kappa shape index (κ2) is 13.7. The Kier molecular flexibility index (Phi) is 10.4. The van der Waals surface area contributed by atoms with Crippen LogP contribution in [0.4, 0.5) is 8.78 Å². The van der Waals surface area contributed by atoms with Crippen LogP contribution in [-0.2, 0) is 16.0 Å². The molecule has 1 heterocycles. The Hall–Kier alpha value is -4.01. The number of halogens is 2. The highest BCUT2D eigenvalue weighted by molar-refractivity contribution is 5.81. The Morgan fingerprint density at radius 2 is 1.77 bits per heavy atom. The standard InChI is InChI=1S/C30H34F2N2O5/c1-4-6-13-27(29(37)33-26(17-28(35)36)20-9-7-10-22(15-20)39-5-2)34-18-19(3)14-21(30(34)38)16-23-24(31)11-8-12-25(23)32/h7-12,14-15,18,26-27H,4-6,13,16-17H2,1-3H3,(H,33,37)(H,35,36)/t26-,27+/m0/s1. The average molecular weight is 541 g/mol. The molecule has 0 fully saturated rings. The van der Waals surface area contributed by atoms with Crippen molar-refractivity contribution in [2.75, 3.05) is 6.61 Å². The molecule has 7 nitrogen and oxygen atoms in total. The fourth-order valence-corrected chi connectivity index (χ4v) is 4.54. The number of carboxylic acids is 1. The van der Waals surface area contributed by atoms with E-state index in [4.69, 9.17) is 4.74 Å². The molecular formula is C30H34F2N2O5. The number of carboxylic acid groups (broad SMARTS) is 1. The summed E-state index contributed by atoms with van der Waals surface area (Å²) >= 11 is 0. The molecule has 1 amide bonds. The molecule has 39 heavy (non-hydrogen) atoms. The van der Waals surface area contributed by atoms with Gasteiger partial charge in [-0.15, -0.1) is 0 Å². The van der Waals surface area contributed by atoms with E-state index in [9.17, 15) is 28.3 Å². The lowest BCUT2D eigenvalue weighted by Crippen LogP contribution is -2.40. The van der Waals surface area contributed by atoms with Crippen LogP contribution in [0.5, 0.6) is 5.75 Å². The van der Waals surface area contributed by atoms with Crippen LogP contribution < -0.4 is 15.6 Å². The van der Waals surface area contributed by atoms with Gasteiger partial charge in [0.25, 0.3) is 5.56 Å². The summed E-state index contributed by atoms with van der Waals surface area (Å²) in [5, 5.41) is 12.4. The number of aromatic nitrogens is 1. The summed E-state index contributed by atoms with van der Waals surface area (Å²) in [5.74, 6) is -2.59. The number of nitrogens with zero attached hydrogens (tertiary/aromatic N) is 1. The molecule has 2 aromatic carbocycles. The summed E-state index contributed by atoms with van der Waals surface area (Å²) in [5.41, 5.74) is 0.588. The number of ether oxygens (including phenoxy) is 1. The number of carbonyl (C=O) groups is 2. The first kappa shape index (κ1) is 29.5. The van der Waals surface area contributed by atoms with Gasteiger partial charge in [-0.05, 0) is 61.7 Å². The minimum absolute atomic E-state index is 0.153. The third-order valence-corrected chi connectivity index (χ3v) is 6.42. The first-order valence-electron chi connectivity index (χ1n) is 13.0. The molecule has 0 unspecified atom stereocenters. The molecule has 1 aromatic heterocycles. The zero-order valence-corrected chi connectivity index (χ0v) is 22.4. The quantitative estimate of drug-likeness (QED) is 0.299. The summed E-state index contributed by atoms with van der Waals surface area (Å²) in [6.45, 7) is 5.94. The normalized spacial score (nSPS) is 12.5. The van der Waals surface area contributed by atoms with Gasteiger partial charge < -0.3 is 19.7 Å². The molecule has 2 N–H and O–H groups in total. The number of hydrogen-bond acceptors (Lipinski definition) is 4. The molecule has 0 saturated heterocycles. The highest BCUT2D eigenvalue weighted by Crippen LogP contribution is 2.25. The first-order valence-corrected chi connectivity index (χ1v) is 13.0. The summed E-state index contributed by atoms with van der Waals surface area (Å²) in [6.07, 6.45) is 2.60. The van der Waals surface area contributed by atoms with Gasteiger partial charge in [0.2, 0.25) is 5.91 Å². The van der Waals surface area contributed by atoms with Gasteiger partial charge in [0.1, 0.15) is 23.4 Å². The van der Waals surface area contributed by atoms with E-state index in [-0.39, 0.29) is 24.0 Å². The number of amides is 1. The van der Waals surface area contributed by atoms with Gasteiger partial charge in [-0.2, -0.15) is 0 Å². The molecule has 208 valence electrons. The molecule has 3 aromatic rings. The Balaban J connectivity index is 1.99. The molecule has 0 radical (unpaired) electrons. The molecule has 0 aliphatic rings. The maximum absolute atomic E-state index is 14.3. The zero-order valence-electron chi connectivity index (χ0n) is 22.4. The molecule has 9 heteroatoms. The number of carbonyl (C=O) groups excluding carboxylic acids is 1. The van der Waals surface area contributed by atoms with Crippen molar-refractivity contribution in [3.63, 3.8) is 0 Å². The van der Waals surface area contributed by atoms with Crippen molar-refractivity contribution in [3.05, 3.63) is 99.0 Å². The van der Waals surface area contributed by atoms with E-state index in [1.807, 2.05) is 13.8 Å². The van der Waals surface area contributed by atoms with E-state index in [1.54, 1.807) is 43.5 Å². The highest BCUT2D eigenvalue weighted by atomic mass is 19.1. The van der Waals surface area contributed by atoms with Crippen LogP contribution in [0.15, 0.2) is 59.5 Å². The van der Waals surface area contributed by atoms with Crippen molar-refractivity contribution in [2.45, 2.75) is 65.0 Å². The van der Waals surface area contributed by atoms with Gasteiger partial charge in [-0.1, -0.05) is 38.0 Å². The summed E-state index contributed by atoms with van der Waals surface area (Å²) < 4.78 is 35.5. The highest BCUT2D eigenvalue weighted by Gasteiger charge is 2.27. The largest absolute Gasteiger partial charge is 0.494 e. The van der Waals surface area contributed by atoms with Crippen LogP contribution in [0.2, 0.25) is 0 Å². The van der Waals surface area contributed by atoms with Crippen LogP contribution in [0.1, 0.15) is 73.9 Å². The number of nitrogens with one attached hydrogen (secondary N) is 1. The fourth-order valence-electron chi connectivity index (χ4n) is 4.54. The van der Waals surface area contributed by atoms with E-state index < -0.39 is 41.2 Å². The summed E-state index contributed by atoms with van der Waals surface area (Å²) in [4.78, 5) is 38.8. The molecule has 3 rings (SSSR count). The van der Waals surface area contributed by atoms with Crippen molar-refractivity contribution in [1.29, 1.82) is 0 Å². The predicted molar refractivity (Wildman–Crippen MR) is 144 cm³/mol. The van der Waals surface area contributed by atoms with Crippen LogP contribution in [0.3, 0.4) is 0 Å². The van der Waals surface area contributed by atoms with E-state index in [0.717, 1.165) is 18.6 Å². The number of pyridine rings is 1. The number of hydrogen-bond donors (Lipinski definition) is 2. The van der Waals surface area contributed by atoms with Crippen molar-refractivity contribution in [2.24, 2.45) is 0 Å². The van der Waals surface area contributed by atoms with Gasteiger partial charge in [0.05, 0.1) is 19.1 Å². The van der Waals surface area contributed by atoms with Gasteiger partial charge in [-0.3, -0.25) is 14.4 Å². The molecule has 0 spiro atoms. The number of aliphatic carboxylic acids is 1. The second-order valence-corrected chi connectivity index (χ2v) is 9.45. The molecule has 2 atom stereocenters. The molecule has 0 aliphatic heterocycles. The molecule has 0 aliphatic carbocycles. The first-order chi connectivity index (χ1) is 18.6. The Morgan fingerprint density at radius 1 is 1.08 bits per heavy atom. The maximum Gasteiger partial charge on any atom is 0.305 e. The fraction of sp³-hybridized carbons (Fsp3) is 0.367. The third-order valence-electron chi connectivity index (χ3n) is 6.42. The number of rotatable bonds is 13. The van der Waals surface area contributed by atoms with Gasteiger partial charge >= 0.3 is 5.97 Å². The maximum atomic E-state index is 14.3. The minimum atomic E-state index is -1.10. The predicted octanol–water partition coefficient (Wildman–Crippen LogP) is 5.49. The Morgan fingerprint density at radius 3 is 2.41 bits per heavy atom. The van der Waals surface area contributed by atoms with E-state index in [1.165, 1.54) is 10.6 Å². The van der Waals surface area contributed by atoms with Crippen LogP contribution >= 0.6 is 0 Å². The van der Waals surface area contributed by atoms with Gasteiger partial charge in [-0.25, -0.2) is 8.78 Å². The Bertz CT molecular complexity index is 1350. The van der Waals surface area contributed by atoms with Crippen molar-refractivity contribution in [3.8, 4) is 5.75 Å². The van der Waals surface area contributed by atoms with E-state index in [2.05, 4.69) is 5.32 Å². The Labute approximate surface area is 226 Å². The van der Waals surface area contributed by atoms with Crippen molar-refractivity contribution in [1.82, 2.24) is 9.88 Å². The number of unbranched alkanes of at least 4 members (excludes halogenated alkanes) is 1. The number of aryl methyl sites for hydroxylation is 1. The zero-order chi connectivity index (χ0) is 28.5. The number of benzene rings is 2. The molecule has 0 bridgehead atoms. The summed E-state index contributed by atoms with van der Waals surface area (Å²) in [6, 6.07) is 10.1. The lowest BCUT2D eigenvalue weighted by atomic mass is 10.0. The monoisotopic (exact) mass is 540 g/mol. The van der Waals surface area contributed by atoms with E-state index in [0.29, 0.717) is 36.3 Å². The third kappa shape index (κ3) is 7.75. The van der Waals surface area contributed by atoms with Gasteiger partial charge in [0, 0.05) is 23.7 Å².